The summed E-state index contributed by atoms with van der Waals surface area (Å²) >= 11 is -1.44. The molecule has 0 radical (unpaired) electrons. The van der Waals surface area contributed by atoms with E-state index in [4.69, 9.17) is 4.74 Å². The Morgan fingerprint density at radius 1 is 0.571 bits per heavy atom. The molecule has 0 aliphatic carbocycles. The predicted molar refractivity (Wildman–Crippen MR) is 158 cm³/mol. The minimum absolute atomic E-state index is 0.237. The van der Waals surface area contributed by atoms with Crippen molar-refractivity contribution in [1.82, 2.24) is 0 Å². The van der Waals surface area contributed by atoms with Crippen LogP contribution < -0.4 is 0 Å². The topological polar surface area (TPSA) is 75.6 Å². The molecule has 0 fully saturated rings. The molecule has 0 saturated carbocycles. The van der Waals surface area contributed by atoms with Gasteiger partial charge in [-0.1, -0.05) is 139 Å². The molecule has 0 aliphatic heterocycles. The van der Waals surface area contributed by atoms with E-state index in [1.165, 1.54) is 96.3 Å². The van der Waals surface area contributed by atoms with Crippen LogP contribution in [0.1, 0.15) is 142 Å². The van der Waals surface area contributed by atoms with E-state index < -0.39 is 22.4 Å². The first-order valence-corrected chi connectivity index (χ1v) is 18.1. The van der Waals surface area contributed by atoms with Gasteiger partial charge < -0.3 is 18.9 Å². The molecule has 4 unspecified atom stereocenters. The number of ether oxygens (including phenoxy) is 1. The second-order valence-corrected chi connectivity index (χ2v) is 13.3. The van der Waals surface area contributed by atoms with Crippen molar-refractivity contribution in [3.63, 3.8) is 0 Å². The van der Waals surface area contributed by atoms with Gasteiger partial charge in [0.2, 0.25) is 0 Å². The van der Waals surface area contributed by atoms with Crippen molar-refractivity contribution in [3.05, 3.63) is 0 Å². The van der Waals surface area contributed by atoms with Crippen LogP contribution in [0.25, 0.3) is 0 Å². The number of hydrogen-bond acceptors (Lipinski definition) is 4. The van der Waals surface area contributed by atoms with Gasteiger partial charge in [-0.05, 0) is 12.8 Å². The van der Waals surface area contributed by atoms with Crippen molar-refractivity contribution in [2.45, 2.75) is 154 Å². The molecular formula is C29H62O4S2. The third-order valence-electron chi connectivity index (χ3n) is 6.57. The summed E-state index contributed by atoms with van der Waals surface area (Å²) in [5.74, 6) is 1.41. The fourth-order valence-electron chi connectivity index (χ4n) is 4.14. The lowest BCUT2D eigenvalue weighted by Crippen LogP contribution is -2.16. The molecular weight excluding hydrogens is 476 g/mol. The highest BCUT2D eigenvalue weighted by molar-refractivity contribution is 7.90. The van der Waals surface area contributed by atoms with Gasteiger partial charge in [0.1, 0.15) is 11.5 Å². The van der Waals surface area contributed by atoms with Gasteiger partial charge in [0.15, 0.2) is 0 Å². The molecule has 1 N–H and O–H groups in total. The zero-order valence-corrected chi connectivity index (χ0v) is 25.8. The Bertz CT molecular complexity index is 384. The van der Waals surface area contributed by atoms with E-state index >= 15 is 0 Å². The largest absolute Gasteiger partial charge is 0.617 e. The maximum atomic E-state index is 11.0. The van der Waals surface area contributed by atoms with E-state index in [2.05, 4.69) is 13.8 Å². The van der Waals surface area contributed by atoms with Gasteiger partial charge in [0, 0.05) is 20.0 Å². The molecule has 0 heterocycles. The van der Waals surface area contributed by atoms with Crippen LogP contribution in [0.4, 0.5) is 0 Å². The van der Waals surface area contributed by atoms with Crippen LogP contribution in [0.3, 0.4) is 0 Å². The van der Waals surface area contributed by atoms with Gasteiger partial charge in [-0.25, -0.2) is 0 Å². The van der Waals surface area contributed by atoms with Crippen molar-refractivity contribution in [2.75, 3.05) is 31.1 Å². The number of unbranched alkanes of at least 4 members (excludes halogenated alkanes) is 14. The van der Waals surface area contributed by atoms with Gasteiger partial charge in [0.05, 0.1) is 24.7 Å². The van der Waals surface area contributed by atoms with Crippen molar-refractivity contribution < 1.29 is 18.9 Å². The summed E-state index contributed by atoms with van der Waals surface area (Å²) in [6, 6.07) is 0. The molecule has 4 nitrogen and oxygen atoms in total. The van der Waals surface area contributed by atoms with Gasteiger partial charge in [0.25, 0.3) is 0 Å². The summed E-state index contributed by atoms with van der Waals surface area (Å²) in [7, 11) is 1.77. The Labute approximate surface area is 226 Å². The Kier molecular flexibility index (Phi) is 33.1. The normalized spacial score (nSPS) is 14.7. The molecule has 0 aromatic rings. The summed E-state index contributed by atoms with van der Waals surface area (Å²) in [5.41, 5.74) is 0. The number of aliphatic hydroxyl groups is 1. The first kappa shape index (κ1) is 37.7. The molecule has 0 amide bonds. The van der Waals surface area contributed by atoms with E-state index in [0.29, 0.717) is 18.3 Å². The van der Waals surface area contributed by atoms with Gasteiger partial charge in [-0.15, -0.1) is 0 Å². The number of hydrogen-bond donors (Lipinski definition) is 1. The molecule has 6 heteroatoms. The molecule has 0 aliphatic rings. The Balaban J connectivity index is 0. The third-order valence-corrected chi connectivity index (χ3v) is 8.19. The van der Waals surface area contributed by atoms with Crippen LogP contribution in [-0.4, -0.2) is 57.5 Å². The zero-order chi connectivity index (χ0) is 26.6. The van der Waals surface area contributed by atoms with Crippen molar-refractivity contribution in [3.8, 4) is 0 Å². The first-order chi connectivity index (χ1) is 16.9. The fourth-order valence-corrected chi connectivity index (χ4v) is 5.34. The maximum absolute atomic E-state index is 11.0. The van der Waals surface area contributed by atoms with E-state index in [9.17, 15) is 14.2 Å². The lowest BCUT2D eigenvalue weighted by molar-refractivity contribution is 0.0903. The molecule has 0 rings (SSSR count). The average Bonchev–Trinajstić information content (AvgIpc) is 2.83. The van der Waals surface area contributed by atoms with Gasteiger partial charge in [-0.2, -0.15) is 0 Å². The summed E-state index contributed by atoms with van der Waals surface area (Å²) in [5, 5.41) is 9.64. The standard InChI is InChI=1S/C15H32O2S.C14H30O2S/c1-4-5-6-7-8-9-10-11-12-15(17-2)13-14-18(3)16;1-3-4-5-6-7-8-9-10-11-14(15)12-13-17(2)16/h15H,4-14H2,1-3H3;14-15H,3-13H2,1-2H3. The van der Waals surface area contributed by atoms with Gasteiger partial charge >= 0.3 is 0 Å². The van der Waals surface area contributed by atoms with E-state index in [0.717, 1.165) is 31.4 Å². The van der Waals surface area contributed by atoms with Crippen LogP contribution in [0.2, 0.25) is 0 Å². The van der Waals surface area contributed by atoms with Crippen molar-refractivity contribution >= 4 is 22.4 Å². The van der Waals surface area contributed by atoms with Crippen LogP contribution >= 0.6 is 0 Å². The van der Waals surface area contributed by atoms with Crippen molar-refractivity contribution in [1.29, 1.82) is 0 Å². The molecule has 0 aromatic carbocycles. The predicted octanol–water partition coefficient (Wildman–Crippen LogP) is 7.95. The lowest BCUT2D eigenvalue weighted by Gasteiger charge is -2.15. The zero-order valence-electron chi connectivity index (χ0n) is 24.2. The van der Waals surface area contributed by atoms with Crippen molar-refractivity contribution in [2.24, 2.45) is 0 Å². The highest BCUT2D eigenvalue weighted by Gasteiger charge is 2.10. The SMILES string of the molecule is CCCCCCCCCCC(CC[S+](C)[O-])OC.CCCCCCCCCCC(O)CC[S+](C)[O-]. The molecule has 4 atom stereocenters. The third kappa shape index (κ3) is 34.5. The quantitative estimate of drug-likeness (QED) is 0.0945. The van der Waals surface area contributed by atoms with Crippen LogP contribution in [-0.2, 0) is 27.1 Å². The second-order valence-electron chi connectivity index (χ2n) is 10.2. The highest BCUT2D eigenvalue weighted by Crippen LogP contribution is 2.14. The monoisotopic (exact) mass is 538 g/mol. The van der Waals surface area contributed by atoms with Crippen LogP contribution in [0.15, 0.2) is 0 Å². The minimum atomic E-state index is -0.760. The fraction of sp³-hybridized carbons (Fsp3) is 1.00. The second kappa shape index (κ2) is 30.8. The summed E-state index contributed by atoms with van der Waals surface area (Å²) in [6.07, 6.45) is 28.4. The number of aliphatic hydroxyl groups excluding tert-OH is 1. The molecule has 35 heavy (non-hydrogen) atoms. The Morgan fingerprint density at radius 3 is 1.34 bits per heavy atom. The minimum Gasteiger partial charge on any atom is -0.617 e. The maximum Gasteiger partial charge on any atom is 0.107 e. The molecule has 0 saturated heterocycles. The summed E-state index contributed by atoms with van der Waals surface area (Å²) in [4.78, 5) is 0. The Morgan fingerprint density at radius 2 is 0.943 bits per heavy atom. The van der Waals surface area contributed by atoms with E-state index in [1.807, 2.05) is 0 Å². The van der Waals surface area contributed by atoms with Crippen LogP contribution in [0.5, 0.6) is 0 Å². The van der Waals surface area contributed by atoms with Gasteiger partial charge in [-0.3, -0.25) is 0 Å². The molecule has 0 bridgehead atoms. The first-order valence-electron chi connectivity index (χ1n) is 14.7. The highest BCUT2D eigenvalue weighted by atomic mass is 32.2. The lowest BCUT2D eigenvalue weighted by atomic mass is 10.0. The number of rotatable bonds is 25. The number of methoxy groups -OCH3 is 1. The molecule has 0 spiro atoms. The summed E-state index contributed by atoms with van der Waals surface area (Å²) < 4.78 is 27.3. The molecule has 214 valence electrons. The van der Waals surface area contributed by atoms with E-state index in [-0.39, 0.29) is 6.10 Å². The average molecular weight is 539 g/mol. The Hall–Kier alpha value is 0.540. The summed E-state index contributed by atoms with van der Waals surface area (Å²) in [6.45, 7) is 4.50. The van der Waals surface area contributed by atoms with E-state index in [1.54, 1.807) is 19.6 Å². The van der Waals surface area contributed by atoms with Crippen LogP contribution in [0, 0.1) is 0 Å². The molecule has 0 aromatic heterocycles. The smallest absolute Gasteiger partial charge is 0.107 e.